The van der Waals surface area contributed by atoms with E-state index in [1.165, 1.54) is 13.2 Å². The molecular formula is C17H20N2O4. The van der Waals surface area contributed by atoms with Crippen molar-refractivity contribution < 1.29 is 19.1 Å². The minimum absolute atomic E-state index is 0.0264. The summed E-state index contributed by atoms with van der Waals surface area (Å²) in [6.07, 6.45) is 1.06. The zero-order valence-electron chi connectivity index (χ0n) is 13.1. The van der Waals surface area contributed by atoms with E-state index in [1.807, 2.05) is 0 Å². The van der Waals surface area contributed by atoms with E-state index in [-0.39, 0.29) is 17.9 Å². The zero-order chi connectivity index (χ0) is 16.8. The summed E-state index contributed by atoms with van der Waals surface area (Å²) < 4.78 is 5.12. The summed E-state index contributed by atoms with van der Waals surface area (Å²) in [4.78, 5) is 23.1. The number of urea groups is 1. The quantitative estimate of drug-likeness (QED) is 0.714. The lowest BCUT2D eigenvalue weighted by atomic mass is 10.1. The van der Waals surface area contributed by atoms with Crippen molar-refractivity contribution in [3.05, 3.63) is 54.0 Å². The molecule has 0 bridgehead atoms. The van der Waals surface area contributed by atoms with Crippen LogP contribution < -0.4 is 10.6 Å². The summed E-state index contributed by atoms with van der Waals surface area (Å²) in [5.41, 5.74) is 1.18. The Kier molecular flexibility index (Phi) is 5.54. The number of aliphatic hydroxyl groups is 1. The maximum atomic E-state index is 11.9. The van der Waals surface area contributed by atoms with Crippen LogP contribution in [-0.2, 0) is 0 Å². The first-order chi connectivity index (χ1) is 11.0. The van der Waals surface area contributed by atoms with Gasteiger partial charge in [-0.25, -0.2) is 4.79 Å². The number of rotatable bonds is 6. The van der Waals surface area contributed by atoms with Crippen LogP contribution in [0.3, 0.4) is 0 Å². The van der Waals surface area contributed by atoms with Gasteiger partial charge in [0.25, 0.3) is 0 Å². The fraction of sp³-hybridized carbons (Fsp3) is 0.294. The van der Waals surface area contributed by atoms with Crippen LogP contribution in [0, 0.1) is 0 Å². The average molecular weight is 316 g/mol. The number of aliphatic hydroxyl groups excluding tert-OH is 1. The first kappa shape index (κ1) is 16.8. The van der Waals surface area contributed by atoms with Crippen molar-refractivity contribution in [1.82, 2.24) is 5.32 Å². The van der Waals surface area contributed by atoms with Gasteiger partial charge in [-0.2, -0.15) is 0 Å². The number of furan rings is 1. The molecule has 1 heterocycles. The predicted octanol–water partition coefficient (Wildman–Crippen LogP) is 3.12. The van der Waals surface area contributed by atoms with Gasteiger partial charge in [0.15, 0.2) is 5.78 Å². The van der Waals surface area contributed by atoms with Crippen LogP contribution in [0.2, 0.25) is 0 Å². The fourth-order valence-electron chi connectivity index (χ4n) is 2.17. The van der Waals surface area contributed by atoms with Crippen LogP contribution in [0.25, 0.3) is 0 Å². The van der Waals surface area contributed by atoms with Gasteiger partial charge in [-0.3, -0.25) is 4.79 Å². The molecule has 0 fully saturated rings. The number of ketones is 1. The Hall–Kier alpha value is -2.60. The van der Waals surface area contributed by atoms with Gasteiger partial charge in [0.2, 0.25) is 0 Å². The molecule has 3 N–H and O–H groups in total. The van der Waals surface area contributed by atoms with E-state index in [0.717, 1.165) is 0 Å². The first-order valence-corrected chi connectivity index (χ1v) is 7.35. The van der Waals surface area contributed by atoms with Crippen molar-refractivity contribution in [2.75, 3.05) is 5.32 Å². The highest BCUT2D eigenvalue weighted by atomic mass is 16.4. The van der Waals surface area contributed by atoms with Crippen LogP contribution in [-0.4, -0.2) is 23.0 Å². The Morgan fingerprint density at radius 2 is 1.91 bits per heavy atom. The normalized spacial score (nSPS) is 13.2. The Labute approximate surface area is 134 Å². The van der Waals surface area contributed by atoms with E-state index >= 15 is 0 Å². The molecule has 23 heavy (non-hydrogen) atoms. The highest BCUT2D eigenvalue weighted by molar-refractivity contribution is 5.95. The van der Waals surface area contributed by atoms with E-state index < -0.39 is 6.10 Å². The van der Waals surface area contributed by atoms with Crippen LogP contribution in [0.15, 0.2) is 47.1 Å². The Balaban J connectivity index is 1.82. The summed E-state index contributed by atoms with van der Waals surface area (Å²) in [6, 6.07) is 9.41. The maximum absolute atomic E-state index is 11.9. The van der Waals surface area contributed by atoms with Crippen molar-refractivity contribution in [3.8, 4) is 0 Å². The number of hydrogen-bond donors (Lipinski definition) is 3. The van der Waals surface area contributed by atoms with Gasteiger partial charge in [-0.05, 0) is 50.2 Å². The monoisotopic (exact) mass is 316 g/mol. The van der Waals surface area contributed by atoms with Crippen molar-refractivity contribution in [3.63, 3.8) is 0 Å². The SMILES string of the molecule is CC(=O)c1ccc(NC(=O)NC(C)CC(O)c2ccco2)cc1. The van der Waals surface area contributed by atoms with Crippen LogP contribution in [0.4, 0.5) is 10.5 Å². The number of nitrogens with one attached hydrogen (secondary N) is 2. The summed E-state index contributed by atoms with van der Waals surface area (Å²) in [5.74, 6) is 0.445. The van der Waals surface area contributed by atoms with E-state index in [1.54, 1.807) is 43.3 Å². The molecule has 0 aliphatic rings. The number of amides is 2. The number of carbonyl (C=O) groups excluding carboxylic acids is 2. The molecule has 0 radical (unpaired) electrons. The highest BCUT2D eigenvalue weighted by Gasteiger charge is 2.16. The molecule has 6 nitrogen and oxygen atoms in total. The first-order valence-electron chi connectivity index (χ1n) is 7.35. The second-order valence-electron chi connectivity index (χ2n) is 5.40. The van der Waals surface area contributed by atoms with E-state index in [9.17, 15) is 14.7 Å². The molecule has 0 aliphatic carbocycles. The minimum atomic E-state index is -0.768. The van der Waals surface area contributed by atoms with Gasteiger partial charge in [-0.1, -0.05) is 0 Å². The highest BCUT2D eigenvalue weighted by Crippen LogP contribution is 2.18. The lowest BCUT2D eigenvalue weighted by Gasteiger charge is -2.17. The molecule has 1 aromatic heterocycles. The van der Waals surface area contributed by atoms with Crippen LogP contribution in [0.5, 0.6) is 0 Å². The second-order valence-corrected chi connectivity index (χ2v) is 5.40. The fourth-order valence-corrected chi connectivity index (χ4v) is 2.17. The summed E-state index contributed by atoms with van der Waals surface area (Å²) >= 11 is 0. The van der Waals surface area contributed by atoms with Gasteiger partial charge < -0.3 is 20.2 Å². The van der Waals surface area contributed by atoms with Gasteiger partial charge >= 0.3 is 6.03 Å². The van der Waals surface area contributed by atoms with Crippen molar-refractivity contribution in [2.24, 2.45) is 0 Å². The molecule has 0 spiro atoms. The van der Waals surface area contributed by atoms with Gasteiger partial charge in [0.05, 0.1) is 6.26 Å². The molecule has 0 saturated heterocycles. The van der Waals surface area contributed by atoms with Crippen LogP contribution in [0.1, 0.15) is 42.5 Å². The molecule has 122 valence electrons. The minimum Gasteiger partial charge on any atom is -0.467 e. The summed E-state index contributed by atoms with van der Waals surface area (Å²) in [7, 11) is 0. The molecule has 0 saturated carbocycles. The third-order valence-electron chi connectivity index (χ3n) is 3.38. The van der Waals surface area contributed by atoms with Gasteiger partial charge in [0, 0.05) is 23.7 Å². The summed E-state index contributed by atoms with van der Waals surface area (Å²) in [6.45, 7) is 3.28. The third kappa shape index (κ3) is 4.96. The lowest BCUT2D eigenvalue weighted by molar-refractivity contribution is 0.101. The van der Waals surface area contributed by atoms with E-state index in [2.05, 4.69) is 10.6 Å². The van der Waals surface area contributed by atoms with E-state index in [4.69, 9.17) is 4.42 Å². The molecule has 2 rings (SSSR count). The molecule has 2 aromatic rings. The third-order valence-corrected chi connectivity index (χ3v) is 3.38. The van der Waals surface area contributed by atoms with Gasteiger partial charge in [-0.15, -0.1) is 0 Å². The molecule has 0 aliphatic heterocycles. The molecule has 2 amide bonds. The average Bonchev–Trinajstić information content (AvgIpc) is 3.01. The second kappa shape index (κ2) is 7.60. The maximum Gasteiger partial charge on any atom is 0.319 e. The molecule has 2 unspecified atom stereocenters. The van der Waals surface area contributed by atoms with Crippen molar-refractivity contribution >= 4 is 17.5 Å². The number of benzene rings is 1. The molecule has 1 aromatic carbocycles. The Bertz CT molecular complexity index is 650. The summed E-state index contributed by atoms with van der Waals surface area (Å²) in [5, 5.41) is 15.4. The zero-order valence-corrected chi connectivity index (χ0v) is 13.1. The number of carbonyl (C=O) groups is 2. The standard InChI is InChI=1S/C17H20N2O4/c1-11(10-15(21)16-4-3-9-23-16)18-17(22)19-14-7-5-13(6-8-14)12(2)20/h3-9,11,15,21H,10H2,1-2H3,(H2,18,19,22). The van der Waals surface area contributed by atoms with Crippen molar-refractivity contribution in [2.45, 2.75) is 32.4 Å². The smallest absolute Gasteiger partial charge is 0.319 e. The Morgan fingerprint density at radius 3 is 2.48 bits per heavy atom. The number of Topliss-reactive ketones (excluding diaryl/α,β-unsaturated/α-hetero) is 1. The number of hydrogen-bond acceptors (Lipinski definition) is 4. The largest absolute Gasteiger partial charge is 0.467 e. The Morgan fingerprint density at radius 1 is 1.22 bits per heavy atom. The number of anilines is 1. The lowest BCUT2D eigenvalue weighted by Crippen LogP contribution is -2.37. The van der Waals surface area contributed by atoms with Crippen LogP contribution >= 0.6 is 0 Å². The molecular weight excluding hydrogens is 296 g/mol. The topological polar surface area (TPSA) is 91.6 Å². The molecule has 2 atom stereocenters. The molecule has 6 heteroatoms. The van der Waals surface area contributed by atoms with Gasteiger partial charge in [0.1, 0.15) is 11.9 Å². The predicted molar refractivity (Wildman–Crippen MR) is 86.3 cm³/mol. The van der Waals surface area contributed by atoms with Crippen molar-refractivity contribution in [1.29, 1.82) is 0 Å². The van der Waals surface area contributed by atoms with E-state index in [0.29, 0.717) is 23.4 Å².